The predicted octanol–water partition coefficient (Wildman–Crippen LogP) is 5.97. The van der Waals surface area contributed by atoms with Crippen molar-refractivity contribution in [2.75, 3.05) is 36.6 Å². The molecule has 0 fully saturated rings. The number of nitrogens with two attached hydrogens (primary N) is 2. The Balaban J connectivity index is 0.000000255. The Bertz CT molecular complexity index is 1010. The second-order valence-electron chi connectivity index (χ2n) is 9.03. The number of fused-ring (bicyclic) bond motifs is 1. The minimum atomic E-state index is 0.605. The predicted molar refractivity (Wildman–Crippen MR) is 155 cm³/mol. The average Bonchev–Trinajstić information content (AvgIpc) is 3.36. The maximum Gasteiger partial charge on any atom is 0.119 e. The van der Waals surface area contributed by atoms with E-state index in [0.717, 1.165) is 61.9 Å². The maximum atomic E-state index is 6.02. The minimum Gasteiger partial charge on any atom is -0.494 e. The molecule has 0 heterocycles. The first-order valence-electron chi connectivity index (χ1n) is 12.9. The number of nitrogens with one attached hydrogen (secondary N) is 1. The first-order valence-corrected chi connectivity index (χ1v) is 12.9. The molecule has 36 heavy (non-hydrogen) atoms. The van der Waals surface area contributed by atoms with Crippen LogP contribution in [0.5, 0.6) is 5.75 Å². The summed E-state index contributed by atoms with van der Waals surface area (Å²) in [5, 5.41) is 4.72. The van der Waals surface area contributed by atoms with Crippen molar-refractivity contribution in [2.24, 2.45) is 11.6 Å². The van der Waals surface area contributed by atoms with Crippen molar-refractivity contribution in [1.29, 1.82) is 0 Å². The fourth-order valence-corrected chi connectivity index (χ4v) is 4.07. The number of hydrogen-bond acceptors (Lipinski definition) is 6. The Morgan fingerprint density at radius 2 is 1.72 bits per heavy atom. The third kappa shape index (κ3) is 9.10. The number of hydrogen-bond donors (Lipinski definition) is 3. The summed E-state index contributed by atoms with van der Waals surface area (Å²) in [6.45, 7) is 20.0. The van der Waals surface area contributed by atoms with Gasteiger partial charge in [-0.2, -0.15) is 0 Å². The SMILES string of the molecule is C=C(/C(N)=C\C)N(N)c1ccc2c(c1)CCC2.C=C(C)Nc1ccc(OCCCN(CC)CC)cc1. The van der Waals surface area contributed by atoms with Crippen molar-refractivity contribution < 1.29 is 4.74 Å². The molecule has 0 atom stereocenters. The van der Waals surface area contributed by atoms with Gasteiger partial charge in [0, 0.05) is 17.9 Å². The molecule has 2 aromatic rings. The van der Waals surface area contributed by atoms with Crippen molar-refractivity contribution >= 4 is 11.4 Å². The summed E-state index contributed by atoms with van der Waals surface area (Å²) >= 11 is 0. The van der Waals surface area contributed by atoms with Gasteiger partial charge in [0.2, 0.25) is 0 Å². The molecular formula is C30H45N5O. The highest BCUT2D eigenvalue weighted by Crippen LogP contribution is 2.27. The maximum absolute atomic E-state index is 6.02. The lowest BCUT2D eigenvalue weighted by Gasteiger charge is -2.22. The van der Waals surface area contributed by atoms with Gasteiger partial charge in [-0.15, -0.1) is 0 Å². The number of ether oxygens (including phenoxy) is 1. The normalized spacial score (nSPS) is 12.4. The summed E-state index contributed by atoms with van der Waals surface area (Å²) in [6.07, 6.45) is 6.42. The highest BCUT2D eigenvalue weighted by molar-refractivity contribution is 5.57. The number of allylic oxidation sites excluding steroid dienone is 2. The molecule has 0 saturated heterocycles. The molecule has 1 aliphatic carbocycles. The number of aryl methyl sites for hydroxylation is 2. The van der Waals surface area contributed by atoms with Gasteiger partial charge in [0.25, 0.3) is 0 Å². The van der Waals surface area contributed by atoms with Crippen molar-refractivity contribution in [1.82, 2.24) is 4.90 Å². The molecule has 5 N–H and O–H groups in total. The van der Waals surface area contributed by atoms with Gasteiger partial charge in [0.05, 0.1) is 23.7 Å². The summed E-state index contributed by atoms with van der Waals surface area (Å²) in [7, 11) is 0. The summed E-state index contributed by atoms with van der Waals surface area (Å²) in [5.74, 6) is 6.95. The molecule has 3 rings (SSSR count). The van der Waals surface area contributed by atoms with Crippen molar-refractivity contribution in [3.05, 3.63) is 89.9 Å². The van der Waals surface area contributed by atoms with E-state index in [0.29, 0.717) is 11.4 Å². The van der Waals surface area contributed by atoms with E-state index >= 15 is 0 Å². The average molecular weight is 492 g/mol. The molecule has 0 spiro atoms. The van der Waals surface area contributed by atoms with Crippen LogP contribution in [0.15, 0.2) is 78.8 Å². The largest absolute Gasteiger partial charge is 0.494 e. The molecular weight excluding hydrogens is 446 g/mol. The number of anilines is 2. The molecule has 0 bridgehead atoms. The van der Waals surface area contributed by atoms with Crippen LogP contribution in [0.2, 0.25) is 0 Å². The summed E-state index contributed by atoms with van der Waals surface area (Å²) in [6, 6.07) is 14.3. The second-order valence-corrected chi connectivity index (χ2v) is 9.03. The zero-order valence-corrected chi connectivity index (χ0v) is 22.6. The summed E-state index contributed by atoms with van der Waals surface area (Å²) < 4.78 is 5.73. The highest BCUT2D eigenvalue weighted by atomic mass is 16.5. The standard InChI is InChI=1S/C16H26N2O.C14H19N3/c1-5-18(6-2)12-7-13-19-16-10-8-15(9-11-16)17-14(3)4;1-3-14(15)10(2)17(16)13-8-7-11-5-4-6-12(11)9-13/h8-11,17H,3,5-7,12-13H2,1-2,4H3;3,7-9H,2,4-6,15-16H2,1H3/b;14-3+. The fourth-order valence-electron chi connectivity index (χ4n) is 4.07. The monoisotopic (exact) mass is 491 g/mol. The Morgan fingerprint density at radius 3 is 2.33 bits per heavy atom. The summed E-state index contributed by atoms with van der Waals surface area (Å²) in [5.41, 5.74) is 12.8. The molecule has 6 heteroatoms. The third-order valence-corrected chi connectivity index (χ3v) is 6.29. The smallest absolute Gasteiger partial charge is 0.119 e. The van der Waals surface area contributed by atoms with Crippen molar-refractivity contribution in [2.45, 2.75) is 53.4 Å². The van der Waals surface area contributed by atoms with Crippen LogP contribution in [0, 0.1) is 0 Å². The molecule has 6 nitrogen and oxygen atoms in total. The number of benzene rings is 2. The number of rotatable bonds is 12. The molecule has 0 aromatic heterocycles. The van der Waals surface area contributed by atoms with E-state index in [1.807, 2.05) is 44.2 Å². The van der Waals surface area contributed by atoms with Gasteiger partial charge < -0.3 is 20.7 Å². The van der Waals surface area contributed by atoms with Crippen LogP contribution >= 0.6 is 0 Å². The molecule has 196 valence electrons. The molecule has 0 saturated carbocycles. The molecule has 0 radical (unpaired) electrons. The molecule has 0 aliphatic heterocycles. The quantitative estimate of drug-likeness (QED) is 0.147. The van der Waals surface area contributed by atoms with E-state index in [2.05, 4.69) is 49.4 Å². The van der Waals surface area contributed by atoms with Crippen LogP contribution in [-0.4, -0.2) is 31.1 Å². The lowest BCUT2D eigenvalue weighted by Crippen LogP contribution is -2.32. The van der Waals surface area contributed by atoms with Gasteiger partial charge in [-0.25, -0.2) is 5.84 Å². The lowest BCUT2D eigenvalue weighted by molar-refractivity contribution is 0.249. The topological polar surface area (TPSA) is 79.8 Å². The third-order valence-electron chi connectivity index (χ3n) is 6.29. The van der Waals surface area contributed by atoms with Crippen LogP contribution in [0.1, 0.15) is 51.7 Å². The Morgan fingerprint density at radius 1 is 1.06 bits per heavy atom. The van der Waals surface area contributed by atoms with Gasteiger partial charge >= 0.3 is 0 Å². The van der Waals surface area contributed by atoms with Crippen LogP contribution in [0.25, 0.3) is 0 Å². The number of hydrazine groups is 1. The van der Waals surface area contributed by atoms with Crippen LogP contribution in [-0.2, 0) is 12.8 Å². The van der Waals surface area contributed by atoms with E-state index in [1.165, 1.54) is 24.0 Å². The lowest BCUT2D eigenvalue weighted by atomic mass is 10.1. The van der Waals surface area contributed by atoms with E-state index < -0.39 is 0 Å². The van der Waals surface area contributed by atoms with Crippen LogP contribution in [0.3, 0.4) is 0 Å². The first-order chi connectivity index (χ1) is 17.3. The van der Waals surface area contributed by atoms with Crippen LogP contribution in [0.4, 0.5) is 11.4 Å². The zero-order chi connectivity index (χ0) is 26.5. The summed E-state index contributed by atoms with van der Waals surface area (Å²) in [4.78, 5) is 2.41. The Kier molecular flexibility index (Phi) is 12.1. The highest BCUT2D eigenvalue weighted by Gasteiger charge is 2.14. The Labute approximate surface area is 218 Å². The van der Waals surface area contributed by atoms with Crippen molar-refractivity contribution in [3.8, 4) is 5.75 Å². The van der Waals surface area contributed by atoms with Gasteiger partial charge in [-0.1, -0.05) is 39.1 Å². The van der Waals surface area contributed by atoms with E-state index in [4.69, 9.17) is 16.3 Å². The second kappa shape index (κ2) is 15.0. The van der Waals surface area contributed by atoms with E-state index in [9.17, 15) is 0 Å². The van der Waals surface area contributed by atoms with E-state index in [-0.39, 0.29) is 0 Å². The van der Waals surface area contributed by atoms with Crippen LogP contribution < -0.4 is 26.6 Å². The van der Waals surface area contributed by atoms with Crippen molar-refractivity contribution in [3.63, 3.8) is 0 Å². The number of nitrogens with zero attached hydrogens (tertiary/aromatic N) is 2. The van der Waals surface area contributed by atoms with Gasteiger partial charge in [-0.3, -0.25) is 5.01 Å². The molecule has 0 unspecified atom stereocenters. The molecule has 0 amide bonds. The van der Waals surface area contributed by atoms with Gasteiger partial charge in [0.1, 0.15) is 5.75 Å². The molecule has 2 aromatic carbocycles. The van der Waals surface area contributed by atoms with Gasteiger partial charge in [-0.05, 0) is 100 Å². The fraction of sp³-hybridized carbons (Fsp3) is 0.400. The molecule has 1 aliphatic rings. The van der Waals surface area contributed by atoms with E-state index in [1.54, 1.807) is 11.1 Å². The first kappa shape index (κ1) is 29.0. The zero-order valence-electron chi connectivity index (χ0n) is 22.6. The Hall–Kier alpha value is -3.22. The van der Waals surface area contributed by atoms with Gasteiger partial charge in [0.15, 0.2) is 0 Å². The minimum absolute atomic E-state index is 0.605.